The van der Waals surface area contributed by atoms with Crippen LogP contribution in [-0.2, 0) is 11.0 Å². The predicted octanol–water partition coefficient (Wildman–Crippen LogP) is 4.65. The number of hydrogen-bond donors (Lipinski definition) is 1. The van der Waals surface area contributed by atoms with E-state index in [9.17, 15) is 31.9 Å². The van der Waals surface area contributed by atoms with Crippen LogP contribution in [0.3, 0.4) is 0 Å². The molecule has 35 heavy (non-hydrogen) atoms. The van der Waals surface area contributed by atoms with Gasteiger partial charge in [-0.2, -0.15) is 18.4 Å². The van der Waals surface area contributed by atoms with Gasteiger partial charge in [-0.25, -0.2) is 9.18 Å². The SMILES string of the molecule is CNC(=O)c1ccc(N(C)C(=O)N(c2ccc(C#N)c(C(F)(F)F)c2)C2CCC(=O)CC2)cc1F. The van der Waals surface area contributed by atoms with Gasteiger partial charge in [0.25, 0.3) is 5.91 Å². The summed E-state index contributed by atoms with van der Waals surface area (Å²) < 4.78 is 55.3. The van der Waals surface area contributed by atoms with Gasteiger partial charge < -0.3 is 5.32 Å². The number of Topliss-reactive ketones (excluding diaryl/α,β-unsaturated/α-hetero) is 1. The fourth-order valence-corrected chi connectivity index (χ4v) is 3.98. The van der Waals surface area contributed by atoms with Crippen molar-refractivity contribution in [3.05, 3.63) is 58.9 Å². The van der Waals surface area contributed by atoms with Crippen LogP contribution < -0.4 is 15.1 Å². The van der Waals surface area contributed by atoms with Crippen molar-refractivity contribution in [2.75, 3.05) is 23.9 Å². The largest absolute Gasteiger partial charge is 0.417 e. The van der Waals surface area contributed by atoms with Crippen molar-refractivity contribution in [2.45, 2.75) is 37.9 Å². The molecule has 2 aromatic carbocycles. The van der Waals surface area contributed by atoms with Crippen molar-refractivity contribution in [1.29, 1.82) is 5.26 Å². The third-order valence-corrected chi connectivity index (χ3v) is 5.89. The van der Waals surface area contributed by atoms with Crippen molar-refractivity contribution < 1.29 is 31.9 Å². The number of halogens is 4. The van der Waals surface area contributed by atoms with Crippen LogP contribution in [0, 0.1) is 17.1 Å². The van der Waals surface area contributed by atoms with Gasteiger partial charge in [-0.05, 0) is 49.2 Å². The van der Waals surface area contributed by atoms with E-state index >= 15 is 0 Å². The number of amides is 3. The van der Waals surface area contributed by atoms with Gasteiger partial charge in [0, 0.05) is 44.4 Å². The van der Waals surface area contributed by atoms with Crippen molar-refractivity contribution in [2.24, 2.45) is 0 Å². The second kappa shape index (κ2) is 10.1. The Morgan fingerprint density at radius 1 is 1.09 bits per heavy atom. The number of rotatable bonds is 4. The number of nitriles is 1. The Morgan fingerprint density at radius 3 is 2.26 bits per heavy atom. The Hall–Kier alpha value is -3.94. The summed E-state index contributed by atoms with van der Waals surface area (Å²) in [6.07, 6.45) is -4.03. The first-order valence-corrected chi connectivity index (χ1v) is 10.7. The maximum Gasteiger partial charge on any atom is 0.417 e. The van der Waals surface area contributed by atoms with E-state index in [1.807, 2.05) is 0 Å². The molecule has 3 rings (SSSR count). The molecular formula is C24H22F4N4O3. The fourth-order valence-electron chi connectivity index (χ4n) is 3.98. The van der Waals surface area contributed by atoms with Gasteiger partial charge in [-0.1, -0.05) is 0 Å². The minimum Gasteiger partial charge on any atom is -0.355 e. The lowest BCUT2D eigenvalue weighted by atomic mass is 9.92. The first kappa shape index (κ1) is 25.7. The van der Waals surface area contributed by atoms with Crippen molar-refractivity contribution >= 4 is 29.1 Å². The molecule has 0 spiro atoms. The zero-order valence-electron chi connectivity index (χ0n) is 18.9. The molecule has 184 valence electrons. The van der Waals surface area contributed by atoms with E-state index in [1.165, 1.54) is 38.4 Å². The number of anilines is 2. The minimum absolute atomic E-state index is 0.00956. The second-order valence-electron chi connectivity index (χ2n) is 8.06. The van der Waals surface area contributed by atoms with E-state index < -0.39 is 41.1 Å². The van der Waals surface area contributed by atoms with Crippen LogP contribution in [0.1, 0.15) is 47.2 Å². The molecule has 1 saturated carbocycles. The van der Waals surface area contributed by atoms with Crippen LogP contribution in [0.25, 0.3) is 0 Å². The van der Waals surface area contributed by atoms with Crippen LogP contribution in [0.4, 0.5) is 33.7 Å². The summed E-state index contributed by atoms with van der Waals surface area (Å²) in [5, 5.41) is 11.4. The average Bonchev–Trinajstić information content (AvgIpc) is 2.83. The molecule has 0 saturated heterocycles. The molecule has 3 amide bonds. The second-order valence-corrected chi connectivity index (χ2v) is 8.06. The summed E-state index contributed by atoms with van der Waals surface area (Å²) in [6, 6.07) is 6.63. The molecule has 1 N–H and O–H groups in total. The molecule has 0 aliphatic heterocycles. The summed E-state index contributed by atoms with van der Waals surface area (Å²) in [6.45, 7) is 0. The molecule has 0 radical (unpaired) electrons. The zero-order valence-corrected chi connectivity index (χ0v) is 18.9. The predicted molar refractivity (Wildman–Crippen MR) is 119 cm³/mol. The van der Waals surface area contributed by atoms with Crippen LogP contribution in [0.15, 0.2) is 36.4 Å². The number of benzene rings is 2. The monoisotopic (exact) mass is 490 g/mol. The van der Waals surface area contributed by atoms with Gasteiger partial charge >= 0.3 is 12.2 Å². The molecule has 0 unspecified atom stereocenters. The number of urea groups is 1. The van der Waals surface area contributed by atoms with E-state index in [-0.39, 0.29) is 48.4 Å². The van der Waals surface area contributed by atoms with Crippen LogP contribution >= 0.6 is 0 Å². The maximum atomic E-state index is 14.5. The molecule has 0 heterocycles. The molecule has 1 fully saturated rings. The van der Waals surface area contributed by atoms with E-state index in [2.05, 4.69) is 5.32 Å². The third kappa shape index (κ3) is 5.42. The van der Waals surface area contributed by atoms with Gasteiger partial charge in [0.05, 0.1) is 22.8 Å². The molecule has 0 bridgehead atoms. The number of ketones is 1. The lowest BCUT2D eigenvalue weighted by Crippen LogP contribution is -2.49. The quantitative estimate of drug-likeness (QED) is 0.632. The summed E-state index contributed by atoms with van der Waals surface area (Å²) in [5.74, 6) is -1.55. The van der Waals surface area contributed by atoms with E-state index in [1.54, 1.807) is 0 Å². The normalized spacial score (nSPS) is 14.3. The number of nitrogens with one attached hydrogen (secondary N) is 1. The van der Waals surface area contributed by atoms with Crippen molar-refractivity contribution in [1.82, 2.24) is 5.32 Å². The van der Waals surface area contributed by atoms with E-state index in [0.717, 1.165) is 28.0 Å². The molecule has 7 nitrogen and oxygen atoms in total. The smallest absolute Gasteiger partial charge is 0.355 e. The Bertz CT molecular complexity index is 1200. The summed E-state index contributed by atoms with van der Waals surface area (Å²) >= 11 is 0. The third-order valence-electron chi connectivity index (χ3n) is 5.89. The number of nitrogens with zero attached hydrogens (tertiary/aromatic N) is 3. The maximum absolute atomic E-state index is 14.5. The molecular weight excluding hydrogens is 468 g/mol. The lowest BCUT2D eigenvalue weighted by molar-refractivity contribution is -0.137. The topological polar surface area (TPSA) is 93.5 Å². The van der Waals surface area contributed by atoms with Crippen LogP contribution in [0.5, 0.6) is 0 Å². The number of carbonyl (C=O) groups is 3. The fraction of sp³-hybridized carbons (Fsp3) is 0.333. The Kier molecular flexibility index (Phi) is 7.43. The first-order chi connectivity index (χ1) is 16.5. The number of hydrogen-bond acceptors (Lipinski definition) is 4. The molecule has 1 aliphatic rings. The molecule has 11 heteroatoms. The highest BCUT2D eigenvalue weighted by Gasteiger charge is 2.37. The summed E-state index contributed by atoms with van der Waals surface area (Å²) in [5.41, 5.74) is -2.04. The van der Waals surface area contributed by atoms with Crippen LogP contribution in [-0.4, -0.2) is 37.9 Å². The van der Waals surface area contributed by atoms with Crippen molar-refractivity contribution in [3.8, 4) is 6.07 Å². The van der Waals surface area contributed by atoms with Crippen molar-refractivity contribution in [3.63, 3.8) is 0 Å². The van der Waals surface area contributed by atoms with Gasteiger partial charge in [0.15, 0.2) is 0 Å². The molecule has 2 aromatic rings. The first-order valence-electron chi connectivity index (χ1n) is 10.7. The number of carbonyl (C=O) groups excluding carboxylic acids is 3. The van der Waals surface area contributed by atoms with E-state index in [0.29, 0.717) is 0 Å². The van der Waals surface area contributed by atoms with E-state index in [4.69, 9.17) is 5.26 Å². The molecule has 1 aliphatic carbocycles. The highest BCUT2D eigenvalue weighted by Crippen LogP contribution is 2.36. The Morgan fingerprint density at radius 2 is 1.71 bits per heavy atom. The highest BCUT2D eigenvalue weighted by molar-refractivity contribution is 6.04. The van der Waals surface area contributed by atoms with Gasteiger partial charge in [-0.15, -0.1) is 0 Å². The number of alkyl halides is 3. The van der Waals surface area contributed by atoms with Gasteiger partial charge in [0.2, 0.25) is 0 Å². The lowest BCUT2D eigenvalue weighted by Gasteiger charge is -2.37. The Balaban J connectivity index is 2.04. The standard InChI is InChI=1S/C24H22F4N4O3/c1-30-22(34)19-10-7-16(12-21(19)25)31(2)23(35)32(15-5-8-18(33)9-6-15)17-4-3-14(13-29)20(11-17)24(26,27)28/h3-4,7,10-12,15H,5-6,8-9H2,1-2H3,(H,30,34). The summed E-state index contributed by atoms with van der Waals surface area (Å²) in [4.78, 5) is 39.2. The molecule has 0 atom stereocenters. The minimum atomic E-state index is -4.83. The van der Waals surface area contributed by atoms with Gasteiger partial charge in [0.1, 0.15) is 11.6 Å². The molecule has 0 aromatic heterocycles. The Labute approximate surface area is 198 Å². The summed E-state index contributed by atoms with van der Waals surface area (Å²) in [7, 11) is 2.66. The average molecular weight is 490 g/mol. The highest BCUT2D eigenvalue weighted by atomic mass is 19.4. The zero-order chi connectivity index (χ0) is 25.9. The van der Waals surface area contributed by atoms with Gasteiger partial charge in [-0.3, -0.25) is 19.4 Å². The van der Waals surface area contributed by atoms with Crippen LogP contribution in [0.2, 0.25) is 0 Å².